The molecule has 0 aliphatic carbocycles. The zero-order valence-corrected chi connectivity index (χ0v) is 10.9. The molecule has 0 radical (unpaired) electrons. The molecule has 2 aromatic rings. The number of hydrogen-bond acceptors (Lipinski definition) is 4. The second kappa shape index (κ2) is 5.67. The second-order valence-electron chi connectivity index (χ2n) is 3.95. The van der Waals surface area contributed by atoms with Crippen LogP contribution < -0.4 is 5.32 Å². The number of pyridine rings is 2. The number of anilines is 1. The van der Waals surface area contributed by atoms with E-state index in [-0.39, 0.29) is 16.6 Å². The molecule has 0 saturated heterocycles. The van der Waals surface area contributed by atoms with Crippen molar-refractivity contribution in [2.75, 3.05) is 5.32 Å². The quantitative estimate of drug-likeness (QED) is 0.898. The Morgan fingerprint density at radius 2 is 2.11 bits per heavy atom. The molecular formula is C13H12ClN3O2. The van der Waals surface area contributed by atoms with E-state index in [9.17, 15) is 4.79 Å². The first-order chi connectivity index (χ1) is 9.09. The van der Waals surface area contributed by atoms with Crippen molar-refractivity contribution in [2.45, 2.75) is 13.0 Å². The third-order valence-electron chi connectivity index (χ3n) is 2.60. The minimum absolute atomic E-state index is 0.0207. The SMILES string of the molecule is CC(Nc1nccc(C(=O)O)c1Cl)c1ccccn1. The maximum absolute atomic E-state index is 11.0. The number of nitrogens with zero attached hydrogens (tertiary/aromatic N) is 2. The Morgan fingerprint density at radius 3 is 2.74 bits per heavy atom. The topological polar surface area (TPSA) is 75.1 Å². The van der Waals surface area contributed by atoms with Gasteiger partial charge in [-0.2, -0.15) is 0 Å². The monoisotopic (exact) mass is 277 g/mol. The molecule has 6 heteroatoms. The van der Waals surface area contributed by atoms with Crippen LogP contribution in [0.1, 0.15) is 29.0 Å². The summed E-state index contributed by atoms with van der Waals surface area (Å²) in [6.07, 6.45) is 3.10. The van der Waals surface area contributed by atoms with Crippen LogP contribution in [-0.2, 0) is 0 Å². The van der Waals surface area contributed by atoms with Gasteiger partial charge in [0.15, 0.2) is 0 Å². The first-order valence-electron chi connectivity index (χ1n) is 5.65. The lowest BCUT2D eigenvalue weighted by Crippen LogP contribution is -2.11. The highest BCUT2D eigenvalue weighted by atomic mass is 35.5. The molecule has 2 rings (SSSR count). The summed E-state index contributed by atoms with van der Waals surface area (Å²) in [6.45, 7) is 1.90. The van der Waals surface area contributed by atoms with Gasteiger partial charge in [-0.25, -0.2) is 9.78 Å². The summed E-state index contributed by atoms with van der Waals surface area (Å²) < 4.78 is 0. The predicted molar refractivity (Wildman–Crippen MR) is 72.5 cm³/mol. The zero-order valence-electron chi connectivity index (χ0n) is 10.2. The summed E-state index contributed by atoms with van der Waals surface area (Å²) in [7, 11) is 0. The average molecular weight is 278 g/mol. The van der Waals surface area contributed by atoms with Gasteiger partial charge in [-0.15, -0.1) is 0 Å². The van der Waals surface area contributed by atoms with Crippen LogP contribution in [0.25, 0.3) is 0 Å². The molecule has 0 aromatic carbocycles. The number of aromatic carboxylic acids is 1. The lowest BCUT2D eigenvalue weighted by atomic mass is 10.2. The molecule has 2 heterocycles. The van der Waals surface area contributed by atoms with Crippen molar-refractivity contribution in [2.24, 2.45) is 0 Å². The molecule has 0 bridgehead atoms. The van der Waals surface area contributed by atoms with Crippen molar-refractivity contribution in [1.29, 1.82) is 0 Å². The van der Waals surface area contributed by atoms with Gasteiger partial charge in [0.2, 0.25) is 0 Å². The van der Waals surface area contributed by atoms with Gasteiger partial charge in [0.25, 0.3) is 0 Å². The molecule has 0 aliphatic heterocycles. The van der Waals surface area contributed by atoms with E-state index >= 15 is 0 Å². The summed E-state index contributed by atoms with van der Waals surface area (Å²) in [5.74, 6) is -0.749. The number of carboxylic acids is 1. The van der Waals surface area contributed by atoms with E-state index in [1.807, 2.05) is 25.1 Å². The third kappa shape index (κ3) is 3.00. The third-order valence-corrected chi connectivity index (χ3v) is 2.99. The molecule has 2 aromatic heterocycles. The Balaban J connectivity index is 2.25. The van der Waals surface area contributed by atoms with Crippen LogP contribution in [0.5, 0.6) is 0 Å². The minimum atomic E-state index is -1.08. The van der Waals surface area contributed by atoms with Crippen LogP contribution in [0.3, 0.4) is 0 Å². The summed E-state index contributed by atoms with van der Waals surface area (Å²) >= 11 is 6.01. The van der Waals surface area contributed by atoms with Gasteiger partial charge in [-0.05, 0) is 25.1 Å². The number of carboxylic acid groups (broad SMARTS) is 1. The highest BCUT2D eigenvalue weighted by Gasteiger charge is 2.15. The van der Waals surface area contributed by atoms with Crippen LogP contribution in [-0.4, -0.2) is 21.0 Å². The van der Waals surface area contributed by atoms with E-state index in [4.69, 9.17) is 16.7 Å². The molecule has 19 heavy (non-hydrogen) atoms. The van der Waals surface area contributed by atoms with E-state index in [0.29, 0.717) is 5.82 Å². The summed E-state index contributed by atoms with van der Waals surface area (Å²) in [4.78, 5) is 19.2. The Hall–Kier alpha value is -2.14. The molecule has 0 spiro atoms. The van der Waals surface area contributed by atoms with Crippen molar-refractivity contribution in [1.82, 2.24) is 9.97 Å². The molecule has 0 amide bonds. The number of nitrogens with one attached hydrogen (secondary N) is 1. The van der Waals surface area contributed by atoms with Crippen molar-refractivity contribution in [3.8, 4) is 0 Å². The predicted octanol–water partition coefficient (Wildman–Crippen LogP) is 3.00. The molecule has 98 valence electrons. The molecule has 0 aliphatic rings. The summed E-state index contributed by atoms with van der Waals surface area (Å²) in [5.41, 5.74) is 0.841. The van der Waals surface area contributed by atoms with Gasteiger partial charge >= 0.3 is 5.97 Å². The van der Waals surface area contributed by atoms with E-state index in [2.05, 4.69) is 15.3 Å². The maximum Gasteiger partial charge on any atom is 0.337 e. The maximum atomic E-state index is 11.0. The van der Waals surface area contributed by atoms with Gasteiger partial charge in [-0.1, -0.05) is 17.7 Å². The fourth-order valence-corrected chi connectivity index (χ4v) is 1.87. The first kappa shape index (κ1) is 13.3. The fraction of sp³-hybridized carbons (Fsp3) is 0.154. The van der Waals surface area contributed by atoms with E-state index in [1.165, 1.54) is 12.3 Å². The van der Waals surface area contributed by atoms with Crippen molar-refractivity contribution < 1.29 is 9.90 Å². The van der Waals surface area contributed by atoms with Gasteiger partial charge in [0.05, 0.1) is 22.3 Å². The zero-order chi connectivity index (χ0) is 13.8. The fourth-order valence-electron chi connectivity index (χ4n) is 1.62. The van der Waals surface area contributed by atoms with Gasteiger partial charge in [0.1, 0.15) is 5.82 Å². The Morgan fingerprint density at radius 1 is 1.32 bits per heavy atom. The Kier molecular flexibility index (Phi) is 3.97. The van der Waals surface area contributed by atoms with Crippen molar-refractivity contribution in [3.63, 3.8) is 0 Å². The van der Waals surface area contributed by atoms with Gasteiger partial charge in [0, 0.05) is 12.4 Å². The van der Waals surface area contributed by atoms with Crippen LogP contribution in [0.2, 0.25) is 5.02 Å². The average Bonchev–Trinajstić information content (AvgIpc) is 2.41. The van der Waals surface area contributed by atoms with Crippen LogP contribution >= 0.6 is 11.6 Å². The smallest absolute Gasteiger partial charge is 0.337 e. The minimum Gasteiger partial charge on any atom is -0.478 e. The number of halogens is 1. The summed E-state index contributed by atoms with van der Waals surface area (Å²) in [6, 6.07) is 6.80. The molecule has 2 N–H and O–H groups in total. The van der Waals surface area contributed by atoms with Crippen LogP contribution in [0.15, 0.2) is 36.7 Å². The number of carbonyl (C=O) groups is 1. The lowest BCUT2D eigenvalue weighted by Gasteiger charge is -2.15. The van der Waals surface area contributed by atoms with Crippen molar-refractivity contribution in [3.05, 3.63) is 52.9 Å². The molecule has 5 nitrogen and oxygen atoms in total. The highest BCUT2D eigenvalue weighted by molar-refractivity contribution is 6.35. The molecule has 0 saturated carbocycles. The summed E-state index contributed by atoms with van der Waals surface area (Å²) in [5, 5.41) is 12.1. The number of hydrogen-bond donors (Lipinski definition) is 2. The second-order valence-corrected chi connectivity index (χ2v) is 4.32. The molecule has 1 atom stereocenters. The molecular weight excluding hydrogens is 266 g/mol. The molecule has 0 fully saturated rings. The van der Waals surface area contributed by atoms with E-state index < -0.39 is 5.97 Å². The number of aromatic nitrogens is 2. The van der Waals surface area contributed by atoms with E-state index in [1.54, 1.807) is 6.20 Å². The largest absolute Gasteiger partial charge is 0.478 e. The molecule has 1 unspecified atom stereocenters. The Bertz CT molecular complexity index is 590. The van der Waals surface area contributed by atoms with Crippen LogP contribution in [0.4, 0.5) is 5.82 Å². The highest BCUT2D eigenvalue weighted by Crippen LogP contribution is 2.26. The Labute approximate surface area is 115 Å². The van der Waals surface area contributed by atoms with E-state index in [0.717, 1.165) is 5.69 Å². The van der Waals surface area contributed by atoms with Crippen LogP contribution in [0, 0.1) is 0 Å². The van der Waals surface area contributed by atoms with Gasteiger partial charge in [-0.3, -0.25) is 4.98 Å². The lowest BCUT2D eigenvalue weighted by molar-refractivity contribution is 0.0697. The van der Waals surface area contributed by atoms with Crippen molar-refractivity contribution >= 4 is 23.4 Å². The number of rotatable bonds is 4. The first-order valence-corrected chi connectivity index (χ1v) is 6.02. The van der Waals surface area contributed by atoms with Gasteiger partial charge < -0.3 is 10.4 Å². The normalized spacial score (nSPS) is 11.9. The standard InChI is InChI=1S/C13H12ClN3O2/c1-8(10-4-2-3-6-15-10)17-12-11(14)9(13(18)19)5-7-16-12/h2-8H,1H3,(H,16,17)(H,18,19).